The lowest BCUT2D eigenvalue weighted by atomic mass is 10.0. The van der Waals surface area contributed by atoms with Crippen LogP contribution in [0.15, 0.2) is 17.8 Å². The Labute approximate surface area is 134 Å². The number of hydrogen-bond acceptors (Lipinski definition) is 6. The van der Waals surface area contributed by atoms with E-state index in [9.17, 15) is 0 Å². The molecule has 5 nitrogen and oxygen atoms in total. The van der Waals surface area contributed by atoms with E-state index in [-0.39, 0.29) is 0 Å². The van der Waals surface area contributed by atoms with Crippen molar-refractivity contribution < 1.29 is 4.74 Å². The number of thiophene rings is 1. The Morgan fingerprint density at radius 3 is 2.91 bits per heavy atom. The van der Waals surface area contributed by atoms with Crippen LogP contribution >= 0.6 is 11.3 Å². The first kappa shape index (κ1) is 14.4. The summed E-state index contributed by atoms with van der Waals surface area (Å²) in [6, 6.07) is 2.84. The van der Waals surface area contributed by atoms with Crippen molar-refractivity contribution in [2.75, 3.05) is 37.7 Å². The number of nitrogens with zero attached hydrogens (tertiary/aromatic N) is 4. The molecule has 0 aromatic carbocycles. The van der Waals surface area contributed by atoms with Gasteiger partial charge in [-0.3, -0.25) is 4.90 Å². The summed E-state index contributed by atoms with van der Waals surface area (Å²) in [6.07, 6.45) is 4.49. The van der Waals surface area contributed by atoms with Crippen LogP contribution in [0.5, 0.6) is 0 Å². The highest BCUT2D eigenvalue weighted by Crippen LogP contribution is 2.29. The van der Waals surface area contributed by atoms with E-state index in [0.29, 0.717) is 12.1 Å². The number of rotatable bonds is 2. The second kappa shape index (κ2) is 6.10. The zero-order valence-corrected chi connectivity index (χ0v) is 13.8. The predicted octanol–water partition coefficient (Wildman–Crippen LogP) is 2.38. The van der Waals surface area contributed by atoms with Crippen LogP contribution in [-0.2, 0) is 4.74 Å². The Hall–Kier alpha value is -1.24. The maximum Gasteiger partial charge on any atom is 0.140 e. The van der Waals surface area contributed by atoms with E-state index in [1.165, 1.54) is 18.2 Å². The SMILES string of the molecule is CC1CN(C2CCN(c3ncnc4sccc34)CC2)CCO1. The third-order valence-electron chi connectivity index (χ3n) is 4.79. The van der Waals surface area contributed by atoms with Crippen molar-refractivity contribution in [3.63, 3.8) is 0 Å². The van der Waals surface area contributed by atoms with E-state index in [4.69, 9.17) is 4.74 Å². The number of piperidine rings is 1. The molecular formula is C16H22N4OS. The van der Waals surface area contributed by atoms with Crippen molar-refractivity contribution in [2.24, 2.45) is 0 Å². The summed E-state index contributed by atoms with van der Waals surface area (Å²) in [5, 5.41) is 3.30. The molecule has 4 rings (SSSR count). The van der Waals surface area contributed by atoms with Crippen LogP contribution in [0.3, 0.4) is 0 Å². The molecule has 1 unspecified atom stereocenters. The second-order valence-electron chi connectivity index (χ2n) is 6.23. The molecule has 2 aromatic heterocycles. The van der Waals surface area contributed by atoms with Crippen LogP contribution in [0, 0.1) is 0 Å². The van der Waals surface area contributed by atoms with Gasteiger partial charge in [0.2, 0.25) is 0 Å². The second-order valence-corrected chi connectivity index (χ2v) is 7.13. The number of aromatic nitrogens is 2. The van der Waals surface area contributed by atoms with Crippen molar-refractivity contribution in [3.05, 3.63) is 17.8 Å². The molecule has 4 heterocycles. The quantitative estimate of drug-likeness (QED) is 0.850. The molecule has 118 valence electrons. The minimum Gasteiger partial charge on any atom is -0.376 e. The first-order valence-corrected chi connectivity index (χ1v) is 8.98. The minimum absolute atomic E-state index is 0.374. The van der Waals surface area contributed by atoms with Crippen LogP contribution in [0.25, 0.3) is 10.2 Å². The van der Waals surface area contributed by atoms with Crippen LogP contribution in [0.1, 0.15) is 19.8 Å². The Balaban J connectivity index is 1.44. The zero-order valence-electron chi connectivity index (χ0n) is 12.9. The lowest BCUT2D eigenvalue weighted by Gasteiger charge is -2.42. The fourth-order valence-corrected chi connectivity index (χ4v) is 4.38. The molecule has 6 heteroatoms. The Kier molecular flexibility index (Phi) is 3.98. The normalized spacial score (nSPS) is 25.0. The summed E-state index contributed by atoms with van der Waals surface area (Å²) in [5.41, 5.74) is 0. The molecule has 2 aliphatic rings. The van der Waals surface area contributed by atoms with Crippen molar-refractivity contribution in [1.29, 1.82) is 0 Å². The smallest absolute Gasteiger partial charge is 0.140 e. The first-order valence-electron chi connectivity index (χ1n) is 8.10. The van der Waals surface area contributed by atoms with Gasteiger partial charge in [0, 0.05) is 32.2 Å². The Morgan fingerprint density at radius 1 is 1.23 bits per heavy atom. The van der Waals surface area contributed by atoms with Gasteiger partial charge in [-0.25, -0.2) is 9.97 Å². The molecule has 0 aliphatic carbocycles. The average molecular weight is 318 g/mol. The van der Waals surface area contributed by atoms with Gasteiger partial charge in [0.05, 0.1) is 18.1 Å². The van der Waals surface area contributed by atoms with Gasteiger partial charge in [0.15, 0.2) is 0 Å². The first-order chi connectivity index (χ1) is 10.8. The van der Waals surface area contributed by atoms with E-state index in [0.717, 1.165) is 43.4 Å². The standard InChI is InChI=1S/C16H22N4OS/c1-12-10-20(7-8-21-12)13-2-5-19(6-3-13)15-14-4-9-22-16(14)18-11-17-15/h4,9,11-13H,2-3,5-8,10H2,1H3. The minimum atomic E-state index is 0.374. The maximum atomic E-state index is 5.66. The Morgan fingerprint density at radius 2 is 2.09 bits per heavy atom. The van der Waals surface area contributed by atoms with Crippen molar-refractivity contribution in [1.82, 2.24) is 14.9 Å². The number of morpholine rings is 1. The van der Waals surface area contributed by atoms with Crippen LogP contribution < -0.4 is 4.90 Å². The highest BCUT2D eigenvalue weighted by Gasteiger charge is 2.28. The summed E-state index contributed by atoms with van der Waals surface area (Å²) >= 11 is 1.69. The summed E-state index contributed by atoms with van der Waals surface area (Å²) in [6.45, 7) is 7.37. The lowest BCUT2D eigenvalue weighted by molar-refractivity contribution is -0.0373. The number of fused-ring (bicyclic) bond motifs is 1. The fourth-order valence-electron chi connectivity index (χ4n) is 3.65. The molecule has 0 bridgehead atoms. The molecule has 0 radical (unpaired) electrons. The van der Waals surface area contributed by atoms with E-state index < -0.39 is 0 Å². The molecular weight excluding hydrogens is 296 g/mol. The molecule has 0 N–H and O–H groups in total. The van der Waals surface area contributed by atoms with Gasteiger partial charge < -0.3 is 9.64 Å². The van der Waals surface area contributed by atoms with Crippen LogP contribution in [0.2, 0.25) is 0 Å². The van der Waals surface area contributed by atoms with Gasteiger partial charge in [-0.05, 0) is 31.2 Å². The predicted molar refractivity (Wildman–Crippen MR) is 89.6 cm³/mol. The van der Waals surface area contributed by atoms with E-state index in [1.807, 2.05) is 0 Å². The average Bonchev–Trinajstić information content (AvgIpc) is 3.04. The molecule has 0 amide bonds. The summed E-state index contributed by atoms with van der Waals surface area (Å²) in [4.78, 5) is 15.0. The maximum absolute atomic E-state index is 5.66. The van der Waals surface area contributed by atoms with Crippen molar-refractivity contribution >= 4 is 27.4 Å². The molecule has 0 spiro atoms. The molecule has 22 heavy (non-hydrogen) atoms. The molecule has 1 atom stereocenters. The van der Waals surface area contributed by atoms with Crippen LogP contribution in [-0.4, -0.2) is 59.8 Å². The van der Waals surface area contributed by atoms with Gasteiger partial charge in [0.25, 0.3) is 0 Å². The van der Waals surface area contributed by atoms with Crippen LogP contribution in [0.4, 0.5) is 5.82 Å². The van der Waals surface area contributed by atoms with Gasteiger partial charge in [-0.2, -0.15) is 0 Å². The summed E-state index contributed by atoms with van der Waals surface area (Å²) in [5.74, 6) is 1.11. The largest absolute Gasteiger partial charge is 0.376 e. The topological polar surface area (TPSA) is 41.5 Å². The van der Waals surface area contributed by atoms with Crippen molar-refractivity contribution in [3.8, 4) is 0 Å². The van der Waals surface area contributed by atoms with Gasteiger partial charge >= 0.3 is 0 Å². The van der Waals surface area contributed by atoms with E-state index >= 15 is 0 Å². The van der Waals surface area contributed by atoms with E-state index in [2.05, 4.69) is 38.1 Å². The van der Waals surface area contributed by atoms with E-state index in [1.54, 1.807) is 17.7 Å². The third kappa shape index (κ3) is 2.71. The molecule has 0 saturated carbocycles. The lowest BCUT2D eigenvalue weighted by Crippen LogP contribution is -2.51. The molecule has 2 aromatic rings. The van der Waals surface area contributed by atoms with Gasteiger partial charge in [-0.15, -0.1) is 11.3 Å². The summed E-state index contributed by atoms with van der Waals surface area (Å²) < 4.78 is 5.66. The highest BCUT2D eigenvalue weighted by molar-refractivity contribution is 7.16. The molecule has 2 aliphatic heterocycles. The van der Waals surface area contributed by atoms with Crippen molar-refractivity contribution in [2.45, 2.75) is 31.9 Å². The summed E-state index contributed by atoms with van der Waals surface area (Å²) in [7, 11) is 0. The monoisotopic (exact) mass is 318 g/mol. The Bertz CT molecular complexity index is 638. The van der Waals surface area contributed by atoms with Gasteiger partial charge in [-0.1, -0.05) is 0 Å². The van der Waals surface area contributed by atoms with Gasteiger partial charge in [0.1, 0.15) is 17.0 Å². The number of anilines is 1. The number of ether oxygens (including phenoxy) is 1. The highest BCUT2D eigenvalue weighted by atomic mass is 32.1. The fraction of sp³-hybridized carbons (Fsp3) is 0.625. The number of hydrogen-bond donors (Lipinski definition) is 0. The molecule has 2 saturated heterocycles. The third-order valence-corrected chi connectivity index (χ3v) is 5.61. The zero-order chi connectivity index (χ0) is 14.9. The molecule has 2 fully saturated rings.